The van der Waals surface area contributed by atoms with Crippen LogP contribution >= 0.6 is 12.6 Å². The average Bonchev–Trinajstić information content (AvgIpc) is 3.55. The van der Waals surface area contributed by atoms with Crippen LogP contribution in [0.1, 0.15) is 49.4 Å². The molecule has 65 heavy (non-hydrogen) atoms. The molecule has 322 valence electrons. The molecule has 6 nitrogen and oxygen atoms in total. The van der Waals surface area contributed by atoms with E-state index in [1.54, 1.807) is 6.92 Å². The molecule has 0 heterocycles. The molecule has 0 saturated heterocycles. The van der Waals surface area contributed by atoms with Crippen molar-refractivity contribution in [2.24, 2.45) is 5.92 Å². The Hall–Kier alpha value is -7.35. The molecule has 0 radical (unpaired) electrons. The van der Waals surface area contributed by atoms with Gasteiger partial charge < -0.3 is 30.2 Å². The molecule has 0 aromatic heterocycles. The Labute approximate surface area is 385 Å². The molecule has 2 aliphatic carbocycles. The number of aromatic hydroxyl groups is 4. The van der Waals surface area contributed by atoms with Crippen molar-refractivity contribution in [3.8, 4) is 45.3 Å². The first-order valence-electron chi connectivity index (χ1n) is 22.0. The lowest BCUT2D eigenvalue weighted by atomic mass is 9.79. The molecule has 8 aromatic rings. The fourth-order valence-corrected chi connectivity index (χ4v) is 10.3. The largest absolute Gasteiger partial charge is 0.507 e. The number of phenols is 4. The van der Waals surface area contributed by atoms with Crippen LogP contribution in [0.3, 0.4) is 0 Å². The van der Waals surface area contributed by atoms with E-state index in [1.165, 1.54) is 22.3 Å². The summed E-state index contributed by atoms with van der Waals surface area (Å²) >= 11 is 4.46. The van der Waals surface area contributed by atoms with Gasteiger partial charge in [0, 0.05) is 50.3 Å². The highest BCUT2D eigenvalue weighted by atomic mass is 32.1. The van der Waals surface area contributed by atoms with E-state index in [1.807, 2.05) is 31.2 Å². The van der Waals surface area contributed by atoms with E-state index in [0.29, 0.717) is 17.0 Å². The highest BCUT2D eigenvalue weighted by Gasteiger charge is 2.38. The molecule has 1 atom stereocenters. The van der Waals surface area contributed by atoms with Crippen molar-refractivity contribution < 1.29 is 20.4 Å². The molecule has 0 amide bonds. The van der Waals surface area contributed by atoms with Gasteiger partial charge in [-0.15, -0.1) is 12.6 Å². The van der Waals surface area contributed by atoms with Crippen molar-refractivity contribution >= 4 is 63.1 Å². The van der Waals surface area contributed by atoms with Gasteiger partial charge in [0.2, 0.25) is 5.75 Å². The first kappa shape index (κ1) is 41.6. The summed E-state index contributed by atoms with van der Waals surface area (Å²) in [5.74, 6) is -1.42. The molecule has 4 N–H and O–H groups in total. The number of anilines is 6. The van der Waals surface area contributed by atoms with Gasteiger partial charge in [0.05, 0.1) is 4.90 Å². The van der Waals surface area contributed by atoms with Crippen molar-refractivity contribution in [3.63, 3.8) is 0 Å². The maximum Gasteiger partial charge on any atom is 0.202 e. The number of rotatable bonds is 8. The van der Waals surface area contributed by atoms with E-state index >= 15 is 0 Å². The Kier molecular flexibility index (Phi) is 10.3. The third-order valence-corrected chi connectivity index (χ3v) is 14.0. The number of benzene rings is 8. The van der Waals surface area contributed by atoms with Gasteiger partial charge in [-0.2, -0.15) is 0 Å². The van der Waals surface area contributed by atoms with Crippen LogP contribution in [-0.2, 0) is 5.41 Å². The molecule has 0 aliphatic heterocycles. The minimum absolute atomic E-state index is 0.0127. The summed E-state index contributed by atoms with van der Waals surface area (Å²) in [6.45, 7) is 10.6. The normalized spacial score (nSPS) is 15.0. The molecule has 0 bridgehead atoms. The van der Waals surface area contributed by atoms with E-state index in [4.69, 9.17) is 0 Å². The summed E-state index contributed by atoms with van der Waals surface area (Å²) in [4.78, 5) is 4.53. The van der Waals surface area contributed by atoms with Crippen molar-refractivity contribution in [3.05, 3.63) is 192 Å². The van der Waals surface area contributed by atoms with Gasteiger partial charge >= 0.3 is 0 Å². The summed E-state index contributed by atoms with van der Waals surface area (Å²) in [6, 6.07) is 53.2. The standard InChI is InChI=1S/C58H50N2O4S/c1-34-16-31-48-47(32-34)46-30-29-45(33-49(46)58(48,4)5)60(44-27-21-39(22-28-44)50-35(2)36(3)53(61)52-51(50)54(62)55(63)56(64)57(52)65)43-25-19-38(20-26-43)37-17-23-42(24-18-37)59(40-12-8-6-9-13-40)41-14-10-7-11-15-41/h6-31,33-34,61-65H,32H2,1-5H3. The van der Waals surface area contributed by atoms with Crippen molar-refractivity contribution in [2.75, 3.05) is 9.80 Å². The Morgan fingerprint density at radius 1 is 0.523 bits per heavy atom. The third kappa shape index (κ3) is 6.89. The second-order valence-electron chi connectivity index (χ2n) is 17.9. The quantitative estimate of drug-likeness (QED) is 0.0772. The zero-order valence-electron chi connectivity index (χ0n) is 37.0. The highest BCUT2D eigenvalue weighted by molar-refractivity contribution is 7.80. The molecular weight excluding hydrogens is 821 g/mol. The van der Waals surface area contributed by atoms with Crippen molar-refractivity contribution in [2.45, 2.75) is 51.3 Å². The van der Waals surface area contributed by atoms with E-state index < -0.39 is 17.2 Å². The maximum absolute atomic E-state index is 11.3. The van der Waals surface area contributed by atoms with Gasteiger partial charge in [-0.25, -0.2) is 0 Å². The van der Waals surface area contributed by atoms with Crippen LogP contribution in [0.4, 0.5) is 34.1 Å². The SMILES string of the molecule is Cc1c(C)c(-c2ccc(N(c3ccc(-c4ccc(N(c5ccccc5)c5ccccc5)cc4)cc3)c3ccc4c(c3)C(C)(C)C3=C4CC(C)C=C3)cc2)c2c(O)c(O)c(O)c(S)c2c1O. The number of thiol groups is 1. The van der Waals surface area contributed by atoms with Crippen LogP contribution in [0.2, 0.25) is 0 Å². The lowest BCUT2D eigenvalue weighted by molar-refractivity contribution is 0.365. The van der Waals surface area contributed by atoms with E-state index in [2.05, 4.69) is 183 Å². The molecule has 2 aliphatic rings. The fourth-order valence-electron chi connectivity index (χ4n) is 10.0. The highest BCUT2D eigenvalue weighted by Crippen LogP contribution is 2.55. The maximum atomic E-state index is 11.3. The van der Waals surface area contributed by atoms with Crippen LogP contribution in [0.25, 0.3) is 38.6 Å². The molecule has 0 spiro atoms. The van der Waals surface area contributed by atoms with Crippen LogP contribution in [-0.4, -0.2) is 20.4 Å². The van der Waals surface area contributed by atoms with Gasteiger partial charge in [-0.1, -0.05) is 112 Å². The van der Waals surface area contributed by atoms with Gasteiger partial charge in [0.1, 0.15) is 5.75 Å². The predicted molar refractivity (Wildman–Crippen MR) is 270 cm³/mol. The summed E-state index contributed by atoms with van der Waals surface area (Å²) in [5.41, 5.74) is 16.4. The van der Waals surface area contributed by atoms with Gasteiger partial charge in [-0.3, -0.25) is 0 Å². The molecule has 0 saturated carbocycles. The van der Waals surface area contributed by atoms with Gasteiger partial charge in [0.15, 0.2) is 11.5 Å². The number of phenolic OH excluding ortho intramolecular Hbond substituents is 4. The molecule has 1 unspecified atom stereocenters. The van der Waals surface area contributed by atoms with E-state index in [-0.39, 0.29) is 26.8 Å². The number of para-hydroxylation sites is 2. The van der Waals surface area contributed by atoms with Crippen LogP contribution < -0.4 is 9.80 Å². The fraction of sp³-hybridized carbons (Fsp3) is 0.138. The number of nitrogens with zero attached hydrogens (tertiary/aromatic N) is 2. The average molecular weight is 871 g/mol. The zero-order chi connectivity index (χ0) is 45.3. The van der Waals surface area contributed by atoms with E-state index in [0.717, 1.165) is 62.8 Å². The Morgan fingerprint density at radius 2 is 1.00 bits per heavy atom. The molecule has 7 heteroatoms. The van der Waals surface area contributed by atoms with Crippen LogP contribution in [0.5, 0.6) is 23.0 Å². The minimum Gasteiger partial charge on any atom is -0.507 e. The Morgan fingerprint density at radius 3 is 1.54 bits per heavy atom. The Balaban J connectivity index is 1.06. The lowest BCUT2D eigenvalue weighted by Gasteiger charge is -2.29. The van der Waals surface area contributed by atoms with Crippen molar-refractivity contribution in [1.82, 2.24) is 0 Å². The number of fused-ring (bicyclic) bond motifs is 3. The smallest absolute Gasteiger partial charge is 0.202 e. The topological polar surface area (TPSA) is 87.4 Å². The van der Waals surface area contributed by atoms with Crippen LogP contribution in [0.15, 0.2) is 174 Å². The van der Waals surface area contributed by atoms with Gasteiger partial charge in [0.25, 0.3) is 0 Å². The zero-order valence-corrected chi connectivity index (χ0v) is 37.9. The number of allylic oxidation sites excluding steroid dienone is 4. The van der Waals surface area contributed by atoms with Crippen molar-refractivity contribution in [1.29, 1.82) is 0 Å². The second-order valence-corrected chi connectivity index (χ2v) is 18.3. The summed E-state index contributed by atoms with van der Waals surface area (Å²) in [6.07, 6.45) is 5.69. The summed E-state index contributed by atoms with van der Waals surface area (Å²) in [5, 5.41) is 44.2. The first-order valence-corrected chi connectivity index (χ1v) is 22.5. The third-order valence-electron chi connectivity index (χ3n) is 13.6. The number of hydrogen-bond donors (Lipinski definition) is 5. The summed E-state index contributed by atoms with van der Waals surface area (Å²) < 4.78 is 0. The minimum atomic E-state index is -0.685. The van der Waals surface area contributed by atoms with Crippen LogP contribution in [0, 0.1) is 19.8 Å². The second kappa shape index (κ2) is 16.0. The molecular formula is C58H50N2O4S. The van der Waals surface area contributed by atoms with E-state index in [9.17, 15) is 20.4 Å². The number of hydrogen-bond acceptors (Lipinski definition) is 7. The van der Waals surface area contributed by atoms with Gasteiger partial charge in [-0.05, 0) is 155 Å². The Bertz CT molecular complexity index is 3170. The predicted octanol–water partition coefficient (Wildman–Crippen LogP) is 15.5. The first-order chi connectivity index (χ1) is 31.3. The monoisotopic (exact) mass is 870 g/mol. The molecule has 8 aromatic carbocycles. The summed E-state index contributed by atoms with van der Waals surface area (Å²) in [7, 11) is 0. The molecule has 0 fully saturated rings. The lowest BCUT2D eigenvalue weighted by Crippen LogP contribution is -2.18. The molecule has 10 rings (SSSR count).